The van der Waals surface area contributed by atoms with Crippen LogP contribution in [0.15, 0.2) is 48.5 Å². The molecule has 1 aromatic heterocycles. The van der Waals surface area contributed by atoms with Gasteiger partial charge in [0.25, 0.3) is 0 Å². The van der Waals surface area contributed by atoms with Crippen LogP contribution in [0.2, 0.25) is 5.02 Å². The Morgan fingerprint density at radius 3 is 2.42 bits per heavy atom. The number of methoxy groups -OCH3 is 1. The van der Waals surface area contributed by atoms with E-state index in [4.69, 9.17) is 21.1 Å². The first-order valence-corrected chi connectivity index (χ1v) is 8.74. The third-order valence-electron chi connectivity index (χ3n) is 3.21. The molecule has 134 valence electrons. The Balaban J connectivity index is 1.50. The van der Waals surface area contributed by atoms with Crippen LogP contribution >= 0.6 is 22.9 Å². The van der Waals surface area contributed by atoms with Crippen molar-refractivity contribution in [2.45, 2.75) is 6.61 Å². The van der Waals surface area contributed by atoms with Crippen molar-refractivity contribution in [1.29, 1.82) is 0 Å². The summed E-state index contributed by atoms with van der Waals surface area (Å²) in [7, 11) is 1.58. The van der Waals surface area contributed by atoms with E-state index in [9.17, 15) is 4.79 Å². The van der Waals surface area contributed by atoms with Crippen molar-refractivity contribution < 1.29 is 14.3 Å². The van der Waals surface area contributed by atoms with Gasteiger partial charge >= 0.3 is 6.03 Å². The van der Waals surface area contributed by atoms with Crippen molar-refractivity contribution in [1.82, 2.24) is 10.2 Å². The third kappa shape index (κ3) is 5.08. The van der Waals surface area contributed by atoms with Gasteiger partial charge < -0.3 is 14.8 Å². The first-order valence-electron chi connectivity index (χ1n) is 7.55. The number of hydrogen-bond acceptors (Lipinski definition) is 6. The summed E-state index contributed by atoms with van der Waals surface area (Å²) < 4.78 is 10.7. The molecule has 3 aromatic rings. The molecular formula is C17H15ClN4O3S. The number of hydrogen-bond donors (Lipinski definition) is 2. The molecule has 0 unspecified atom stereocenters. The van der Waals surface area contributed by atoms with Crippen molar-refractivity contribution in [3.05, 3.63) is 58.6 Å². The maximum Gasteiger partial charge on any atom is 0.325 e. The van der Waals surface area contributed by atoms with E-state index in [-0.39, 0.29) is 6.61 Å². The maximum atomic E-state index is 12.0. The van der Waals surface area contributed by atoms with Crippen LogP contribution in [-0.4, -0.2) is 23.3 Å². The Kier molecular flexibility index (Phi) is 5.88. The van der Waals surface area contributed by atoms with Crippen LogP contribution in [0, 0.1) is 0 Å². The van der Waals surface area contributed by atoms with E-state index < -0.39 is 6.03 Å². The number of benzene rings is 2. The zero-order valence-corrected chi connectivity index (χ0v) is 15.3. The molecule has 2 amide bonds. The molecule has 0 aliphatic heterocycles. The quantitative estimate of drug-likeness (QED) is 0.650. The smallest absolute Gasteiger partial charge is 0.325 e. The highest BCUT2D eigenvalue weighted by Crippen LogP contribution is 2.20. The van der Waals surface area contributed by atoms with Gasteiger partial charge in [0.05, 0.1) is 7.11 Å². The Morgan fingerprint density at radius 1 is 1.04 bits per heavy atom. The molecule has 1 heterocycles. The van der Waals surface area contributed by atoms with Crippen molar-refractivity contribution in [3.63, 3.8) is 0 Å². The predicted octanol–water partition coefficient (Wildman–Crippen LogP) is 4.42. The van der Waals surface area contributed by atoms with E-state index in [1.807, 2.05) is 0 Å². The number of carbonyl (C=O) groups is 1. The Bertz CT molecular complexity index is 868. The number of nitrogens with zero attached hydrogens (tertiary/aromatic N) is 2. The van der Waals surface area contributed by atoms with E-state index in [0.717, 1.165) is 0 Å². The molecule has 2 N–H and O–H groups in total. The monoisotopic (exact) mass is 390 g/mol. The van der Waals surface area contributed by atoms with Gasteiger partial charge in [-0.05, 0) is 48.5 Å². The van der Waals surface area contributed by atoms with Crippen molar-refractivity contribution in [2.75, 3.05) is 17.7 Å². The molecule has 7 nitrogen and oxygen atoms in total. The van der Waals surface area contributed by atoms with Crippen LogP contribution in [0.3, 0.4) is 0 Å². The Labute approximate surface area is 158 Å². The summed E-state index contributed by atoms with van der Waals surface area (Å²) in [6, 6.07) is 13.6. The van der Waals surface area contributed by atoms with Crippen LogP contribution in [0.4, 0.5) is 15.6 Å². The molecule has 0 atom stereocenters. The number of ether oxygens (including phenoxy) is 2. The molecule has 0 fully saturated rings. The van der Waals surface area contributed by atoms with Crippen LogP contribution in [0.5, 0.6) is 11.5 Å². The minimum Gasteiger partial charge on any atom is -0.497 e. The van der Waals surface area contributed by atoms with Crippen molar-refractivity contribution >= 4 is 39.8 Å². The topological polar surface area (TPSA) is 85.4 Å². The van der Waals surface area contributed by atoms with E-state index in [1.165, 1.54) is 11.3 Å². The second-order valence-corrected chi connectivity index (χ2v) is 6.55. The van der Waals surface area contributed by atoms with Crippen molar-refractivity contribution in [3.8, 4) is 11.5 Å². The molecule has 26 heavy (non-hydrogen) atoms. The number of nitrogens with one attached hydrogen (secondary N) is 2. The van der Waals surface area contributed by atoms with Gasteiger partial charge in [-0.25, -0.2) is 4.79 Å². The van der Waals surface area contributed by atoms with Crippen LogP contribution in [0.25, 0.3) is 0 Å². The minimum atomic E-state index is -0.406. The Morgan fingerprint density at radius 2 is 1.73 bits per heavy atom. The molecule has 0 aliphatic carbocycles. The molecule has 0 spiro atoms. The number of aromatic nitrogens is 2. The first-order chi connectivity index (χ1) is 12.6. The average molecular weight is 391 g/mol. The molecule has 3 rings (SSSR count). The van der Waals surface area contributed by atoms with Gasteiger partial charge in [0.2, 0.25) is 5.13 Å². The van der Waals surface area contributed by atoms with E-state index in [1.54, 1.807) is 55.6 Å². The first kappa shape index (κ1) is 18.0. The summed E-state index contributed by atoms with van der Waals surface area (Å²) in [6.45, 7) is 0.251. The van der Waals surface area contributed by atoms with Gasteiger partial charge in [-0.2, -0.15) is 0 Å². The van der Waals surface area contributed by atoms with Crippen LogP contribution < -0.4 is 20.1 Å². The van der Waals surface area contributed by atoms with Gasteiger partial charge in [0.15, 0.2) is 5.01 Å². The predicted molar refractivity (Wildman–Crippen MR) is 101 cm³/mol. The molecule has 0 aliphatic rings. The normalized spacial score (nSPS) is 10.2. The van der Waals surface area contributed by atoms with Crippen LogP contribution in [0.1, 0.15) is 5.01 Å². The van der Waals surface area contributed by atoms with Gasteiger partial charge in [-0.15, -0.1) is 10.2 Å². The molecule has 0 radical (unpaired) electrons. The lowest BCUT2D eigenvalue weighted by Gasteiger charge is -2.06. The second-order valence-electron chi connectivity index (χ2n) is 5.05. The standard InChI is InChI=1S/C17H15ClN4O3S/c1-24-13-8-4-12(5-9-13)19-16(23)20-17-22-21-15(26-17)10-25-14-6-2-11(18)3-7-14/h2-9H,10H2,1H3,(H2,19,20,22,23). The summed E-state index contributed by atoms with van der Waals surface area (Å²) >= 11 is 7.06. The molecule has 0 saturated carbocycles. The number of amides is 2. The molecular weight excluding hydrogens is 376 g/mol. The van der Waals surface area contributed by atoms with E-state index >= 15 is 0 Å². The second kappa shape index (κ2) is 8.50. The SMILES string of the molecule is COc1ccc(NC(=O)Nc2nnc(COc3ccc(Cl)cc3)s2)cc1. The number of anilines is 2. The Hall–Kier alpha value is -2.84. The third-order valence-corrected chi connectivity index (χ3v) is 4.28. The van der Waals surface area contributed by atoms with Gasteiger partial charge in [0, 0.05) is 10.7 Å². The highest BCUT2D eigenvalue weighted by atomic mass is 35.5. The zero-order chi connectivity index (χ0) is 18.4. The summed E-state index contributed by atoms with van der Waals surface area (Å²) in [4.78, 5) is 12.0. The fraction of sp³-hybridized carbons (Fsp3) is 0.118. The largest absolute Gasteiger partial charge is 0.497 e. The fourth-order valence-corrected chi connectivity index (χ4v) is 2.75. The number of urea groups is 1. The lowest BCUT2D eigenvalue weighted by Crippen LogP contribution is -2.19. The summed E-state index contributed by atoms with van der Waals surface area (Å²) in [5.74, 6) is 1.39. The summed E-state index contributed by atoms with van der Waals surface area (Å²) in [5.41, 5.74) is 0.638. The average Bonchev–Trinajstić information content (AvgIpc) is 3.09. The fourth-order valence-electron chi connectivity index (χ4n) is 1.97. The lowest BCUT2D eigenvalue weighted by atomic mass is 10.3. The van der Waals surface area contributed by atoms with Gasteiger partial charge in [0.1, 0.15) is 18.1 Å². The zero-order valence-electron chi connectivity index (χ0n) is 13.7. The molecule has 0 bridgehead atoms. The van der Waals surface area contributed by atoms with Gasteiger partial charge in [-0.1, -0.05) is 22.9 Å². The lowest BCUT2D eigenvalue weighted by molar-refractivity contribution is 0.262. The minimum absolute atomic E-state index is 0.251. The number of carbonyl (C=O) groups excluding carboxylic acids is 1. The molecule has 2 aromatic carbocycles. The molecule has 0 saturated heterocycles. The summed E-state index contributed by atoms with van der Waals surface area (Å²) in [5, 5.41) is 14.9. The maximum absolute atomic E-state index is 12.0. The van der Waals surface area contributed by atoms with Gasteiger partial charge in [-0.3, -0.25) is 5.32 Å². The van der Waals surface area contributed by atoms with E-state index in [2.05, 4.69) is 20.8 Å². The molecule has 9 heteroatoms. The number of rotatable bonds is 6. The number of halogens is 1. The van der Waals surface area contributed by atoms with E-state index in [0.29, 0.717) is 32.3 Å². The van der Waals surface area contributed by atoms with Crippen LogP contribution in [-0.2, 0) is 6.61 Å². The van der Waals surface area contributed by atoms with Crippen molar-refractivity contribution in [2.24, 2.45) is 0 Å². The highest BCUT2D eigenvalue weighted by molar-refractivity contribution is 7.15. The summed E-state index contributed by atoms with van der Waals surface area (Å²) in [6.07, 6.45) is 0. The highest BCUT2D eigenvalue weighted by Gasteiger charge is 2.09.